The van der Waals surface area contributed by atoms with Gasteiger partial charge in [-0.15, -0.1) is 23.5 Å². The first-order valence-corrected chi connectivity index (χ1v) is 6.53. The Balaban J connectivity index is 2.54. The fraction of sp³-hybridized carbons (Fsp3) is 0.714. The average molecular weight is 251 g/mol. The number of urea groups is 1. The molecule has 0 unspecified atom stereocenters. The van der Waals surface area contributed by atoms with E-state index in [0.29, 0.717) is 0 Å². The molecule has 0 aliphatic carbocycles. The summed E-state index contributed by atoms with van der Waals surface area (Å²) in [5, 5.41) is 4.01. The van der Waals surface area contributed by atoms with E-state index in [1.807, 2.05) is 30.4 Å². The van der Waals surface area contributed by atoms with Crippen molar-refractivity contribution in [2.75, 3.05) is 11.5 Å². The predicted octanol–water partition coefficient (Wildman–Crippen LogP) is 1.70. The van der Waals surface area contributed by atoms with Gasteiger partial charge >= 0.3 is 6.03 Å². The third kappa shape index (κ3) is 2.99. The maximum absolute atomic E-state index is 10.8. The number of hydrazone groups is 1. The van der Waals surface area contributed by atoms with Gasteiger partial charge < -0.3 is 0 Å². The summed E-state index contributed by atoms with van der Waals surface area (Å²) < 4.78 is 2.15. The first kappa shape index (κ1) is 12.1. The van der Waals surface area contributed by atoms with Crippen LogP contribution in [0.3, 0.4) is 0 Å². The van der Waals surface area contributed by atoms with Gasteiger partial charge in [0.05, 0.1) is 9.79 Å². The number of rotatable bonds is 2. The lowest BCUT2D eigenvalue weighted by molar-refractivity contribution is 0.247. The molecule has 1 saturated heterocycles. The summed E-state index contributed by atoms with van der Waals surface area (Å²) in [7, 11) is 0. The van der Waals surface area contributed by atoms with Crippen molar-refractivity contribution in [2.24, 2.45) is 5.10 Å². The van der Waals surface area contributed by atoms with Gasteiger partial charge in [-0.05, 0) is 13.8 Å². The second-order valence-corrected chi connectivity index (χ2v) is 6.40. The molecule has 1 aliphatic heterocycles. The zero-order valence-electron chi connectivity index (χ0n) is 8.03. The lowest BCUT2D eigenvalue weighted by Crippen LogP contribution is -2.30. The number of carbonyl (C=O) groups excluding carboxylic acids is 1. The quantitative estimate of drug-likeness (QED) is 0.398. The van der Waals surface area contributed by atoms with E-state index in [1.54, 1.807) is 0 Å². The second-order valence-electron chi connectivity index (χ2n) is 2.89. The Morgan fingerprint density at radius 2 is 2.07 bits per heavy atom. The smallest absolute Gasteiger partial charge is 0.283 e. The molecule has 0 aromatic heterocycles. The van der Waals surface area contributed by atoms with Gasteiger partial charge in [0.25, 0.3) is 0 Å². The molecule has 0 spiro atoms. The molecule has 80 valence electrons. The van der Waals surface area contributed by atoms with Gasteiger partial charge in [0, 0.05) is 11.5 Å². The lowest BCUT2D eigenvalue weighted by atomic mass is 10.3. The first-order valence-electron chi connectivity index (χ1n) is 4.11. The van der Waals surface area contributed by atoms with E-state index >= 15 is 0 Å². The number of hydrogen-bond acceptors (Lipinski definition) is 5. The van der Waals surface area contributed by atoms with Crippen LogP contribution in [0.4, 0.5) is 4.79 Å². The maximum Gasteiger partial charge on any atom is 0.344 e. The number of amides is 2. The number of hydrogen-bond donors (Lipinski definition) is 3. The molecule has 0 atom stereocenters. The highest BCUT2D eigenvalue weighted by molar-refractivity contribution is 8.22. The van der Waals surface area contributed by atoms with Crippen LogP contribution in [0.1, 0.15) is 13.8 Å². The van der Waals surface area contributed by atoms with Crippen LogP contribution in [0.25, 0.3) is 0 Å². The zero-order valence-corrected chi connectivity index (χ0v) is 10.6. The summed E-state index contributed by atoms with van der Waals surface area (Å²) in [6.45, 7) is 4.04. The van der Waals surface area contributed by atoms with Crippen molar-refractivity contribution in [3.8, 4) is 0 Å². The molecule has 0 radical (unpaired) electrons. The van der Waals surface area contributed by atoms with E-state index in [-0.39, 0.29) is 4.08 Å². The van der Waals surface area contributed by atoms with Crippen molar-refractivity contribution in [1.82, 2.24) is 10.1 Å². The molecular weight excluding hydrogens is 238 g/mol. The number of thiol groups is 1. The van der Waals surface area contributed by atoms with Gasteiger partial charge in [-0.1, -0.05) is 12.8 Å². The molecule has 14 heavy (non-hydrogen) atoms. The largest absolute Gasteiger partial charge is 0.344 e. The van der Waals surface area contributed by atoms with Crippen molar-refractivity contribution in [2.45, 2.75) is 17.9 Å². The van der Waals surface area contributed by atoms with E-state index in [0.717, 1.165) is 17.2 Å². The van der Waals surface area contributed by atoms with Crippen LogP contribution in [0, 0.1) is 0 Å². The highest BCUT2D eigenvalue weighted by Crippen LogP contribution is 2.44. The van der Waals surface area contributed by atoms with Crippen LogP contribution in [0.15, 0.2) is 5.10 Å². The molecule has 1 heterocycles. The highest BCUT2D eigenvalue weighted by Gasteiger charge is 2.33. The number of nitrogens with one attached hydrogen (secondary N) is 2. The van der Waals surface area contributed by atoms with Crippen molar-refractivity contribution in [3.05, 3.63) is 0 Å². The first-order chi connectivity index (χ1) is 6.58. The summed E-state index contributed by atoms with van der Waals surface area (Å²) in [6, 6.07) is -0.413. The zero-order chi connectivity index (χ0) is 10.6. The summed E-state index contributed by atoms with van der Waals surface area (Å²) in [5.41, 5.74) is 3.29. The topological polar surface area (TPSA) is 53.5 Å². The fourth-order valence-electron chi connectivity index (χ4n) is 0.985. The lowest BCUT2D eigenvalue weighted by Gasteiger charge is -2.20. The van der Waals surface area contributed by atoms with E-state index in [4.69, 9.17) is 0 Å². The maximum atomic E-state index is 10.8. The van der Waals surface area contributed by atoms with E-state index in [2.05, 4.69) is 35.0 Å². The van der Waals surface area contributed by atoms with Crippen LogP contribution in [0.5, 0.6) is 0 Å². The van der Waals surface area contributed by atoms with Gasteiger partial charge in [-0.3, -0.25) is 4.72 Å². The normalized spacial score (nSPS) is 20.6. The van der Waals surface area contributed by atoms with Crippen molar-refractivity contribution >= 4 is 48.1 Å². The Kier molecular flexibility index (Phi) is 4.46. The molecule has 0 saturated carbocycles. The third-order valence-corrected chi connectivity index (χ3v) is 5.60. The molecule has 0 aromatic carbocycles. The summed E-state index contributed by atoms with van der Waals surface area (Å²) in [4.78, 5) is 10.8. The molecule has 2 N–H and O–H groups in total. The second kappa shape index (κ2) is 5.18. The van der Waals surface area contributed by atoms with Crippen LogP contribution < -0.4 is 10.1 Å². The van der Waals surface area contributed by atoms with Crippen molar-refractivity contribution < 1.29 is 4.79 Å². The van der Waals surface area contributed by atoms with E-state index in [1.165, 1.54) is 0 Å². The van der Waals surface area contributed by atoms with Gasteiger partial charge in [0.1, 0.15) is 0 Å². The van der Waals surface area contributed by atoms with Crippen molar-refractivity contribution in [1.29, 1.82) is 0 Å². The summed E-state index contributed by atoms with van der Waals surface area (Å²) >= 11 is 7.31. The Bertz CT molecular complexity index is 251. The number of thioether (sulfide) groups is 2. The van der Waals surface area contributed by atoms with Gasteiger partial charge in [0.15, 0.2) is 0 Å². The summed E-state index contributed by atoms with van der Waals surface area (Å²) in [6.07, 6.45) is 0. The van der Waals surface area contributed by atoms with Gasteiger partial charge in [0.2, 0.25) is 0 Å². The minimum atomic E-state index is -0.413. The number of nitrogens with zero attached hydrogens (tertiary/aromatic N) is 1. The van der Waals surface area contributed by atoms with E-state index < -0.39 is 6.03 Å². The SMILES string of the molecule is C/C(=N\NC(=O)NS)C1(C)SCCS1. The molecule has 0 bridgehead atoms. The minimum absolute atomic E-state index is 0.00385. The van der Waals surface area contributed by atoms with Crippen LogP contribution in [0.2, 0.25) is 0 Å². The van der Waals surface area contributed by atoms with E-state index in [9.17, 15) is 4.79 Å². The molecule has 7 heteroatoms. The Morgan fingerprint density at radius 1 is 1.50 bits per heavy atom. The molecule has 1 aliphatic rings. The molecule has 1 rings (SSSR count). The standard InChI is InChI=1S/C7H13N3OS3/c1-5(8-9-6(11)10-12)7(2)13-3-4-14-7/h12H,3-4H2,1-2H3,(H2,9,10,11)/b8-5+. The Hall–Kier alpha value is -0.0100. The number of carbonyl (C=O) groups is 1. The van der Waals surface area contributed by atoms with Crippen LogP contribution in [-0.2, 0) is 0 Å². The monoisotopic (exact) mass is 251 g/mol. The summed E-state index contributed by atoms with van der Waals surface area (Å²) in [5.74, 6) is 2.26. The molecule has 0 aromatic rings. The average Bonchev–Trinajstić information content (AvgIpc) is 2.62. The molecule has 4 nitrogen and oxygen atoms in total. The Morgan fingerprint density at radius 3 is 2.57 bits per heavy atom. The third-order valence-electron chi connectivity index (χ3n) is 1.92. The molecule has 2 amide bonds. The predicted molar refractivity (Wildman–Crippen MR) is 67.1 cm³/mol. The van der Waals surface area contributed by atoms with Gasteiger partial charge in [-0.2, -0.15) is 5.10 Å². The molecular formula is C7H13N3OS3. The molecule has 1 fully saturated rings. The van der Waals surface area contributed by atoms with Gasteiger partial charge in [-0.25, -0.2) is 10.2 Å². The van der Waals surface area contributed by atoms with Crippen molar-refractivity contribution in [3.63, 3.8) is 0 Å². The van der Waals surface area contributed by atoms with Crippen LogP contribution >= 0.6 is 36.3 Å². The van der Waals surface area contributed by atoms with Crippen LogP contribution in [-0.4, -0.2) is 27.3 Å². The highest BCUT2D eigenvalue weighted by atomic mass is 32.2. The fourth-order valence-corrected chi connectivity index (χ4v) is 3.82. The minimum Gasteiger partial charge on any atom is -0.283 e. The Labute approximate surface area is 97.6 Å².